The lowest BCUT2D eigenvalue weighted by atomic mass is 10.2. The van der Waals surface area contributed by atoms with Gasteiger partial charge in [-0.2, -0.15) is 4.80 Å². The third-order valence-electron chi connectivity index (χ3n) is 3.54. The van der Waals surface area contributed by atoms with Crippen LogP contribution < -0.4 is 10.6 Å². The van der Waals surface area contributed by atoms with E-state index in [-0.39, 0.29) is 18.4 Å². The molecule has 0 aliphatic carbocycles. The maximum absolute atomic E-state index is 11.9. The van der Waals surface area contributed by atoms with Crippen molar-refractivity contribution in [1.82, 2.24) is 30.8 Å². The molecule has 132 valence electrons. The van der Waals surface area contributed by atoms with Gasteiger partial charge in [0.1, 0.15) is 6.54 Å². The average Bonchev–Trinajstić information content (AvgIpc) is 3.15. The largest absolute Gasteiger partial charge is 0.353 e. The molecule has 8 nitrogen and oxygen atoms in total. The number of nitrogens with one attached hydrogen (secondary N) is 2. The van der Waals surface area contributed by atoms with Gasteiger partial charge in [0, 0.05) is 24.2 Å². The molecule has 1 heterocycles. The molecule has 2 amide bonds. The van der Waals surface area contributed by atoms with Crippen LogP contribution >= 0.6 is 0 Å². The van der Waals surface area contributed by atoms with Crippen LogP contribution in [-0.2, 0) is 11.3 Å². The van der Waals surface area contributed by atoms with Crippen molar-refractivity contribution in [2.75, 3.05) is 13.1 Å². The number of amides is 2. The van der Waals surface area contributed by atoms with E-state index in [1.54, 1.807) is 24.3 Å². The lowest BCUT2D eigenvalue weighted by molar-refractivity contribution is -0.122. The summed E-state index contributed by atoms with van der Waals surface area (Å²) in [6.45, 7) is 0.615. The van der Waals surface area contributed by atoms with Gasteiger partial charge in [-0.3, -0.25) is 9.59 Å². The van der Waals surface area contributed by atoms with Gasteiger partial charge in [0.2, 0.25) is 11.7 Å². The Kier molecular flexibility index (Phi) is 5.66. The Balaban J connectivity index is 1.41. The van der Waals surface area contributed by atoms with Crippen molar-refractivity contribution in [2.45, 2.75) is 6.54 Å². The molecule has 26 heavy (non-hydrogen) atoms. The monoisotopic (exact) mass is 350 g/mol. The van der Waals surface area contributed by atoms with E-state index in [1.807, 2.05) is 36.4 Å². The van der Waals surface area contributed by atoms with Crippen molar-refractivity contribution in [1.29, 1.82) is 0 Å². The van der Waals surface area contributed by atoms with Crippen LogP contribution in [0, 0.1) is 0 Å². The van der Waals surface area contributed by atoms with Crippen LogP contribution in [-0.4, -0.2) is 45.1 Å². The molecule has 0 aliphatic rings. The van der Waals surface area contributed by atoms with Gasteiger partial charge in [0.05, 0.1) is 0 Å². The van der Waals surface area contributed by atoms with Crippen molar-refractivity contribution in [2.24, 2.45) is 0 Å². The standard InChI is InChI=1S/C18H18N6O2/c25-16(19-11-12-20-18(26)15-9-5-2-6-10-15)13-24-22-17(21-23-24)14-7-3-1-4-8-14/h1-10H,11-13H2,(H,19,25)(H,20,26). The molecule has 0 radical (unpaired) electrons. The number of aromatic nitrogens is 4. The molecule has 0 atom stereocenters. The quantitative estimate of drug-likeness (QED) is 0.616. The van der Waals surface area contributed by atoms with Crippen LogP contribution in [0.4, 0.5) is 0 Å². The van der Waals surface area contributed by atoms with Gasteiger partial charge in [-0.1, -0.05) is 48.5 Å². The van der Waals surface area contributed by atoms with Gasteiger partial charge in [0.25, 0.3) is 5.91 Å². The Bertz CT molecular complexity index is 864. The van der Waals surface area contributed by atoms with Crippen LogP contribution in [0.1, 0.15) is 10.4 Å². The van der Waals surface area contributed by atoms with Crippen molar-refractivity contribution >= 4 is 11.8 Å². The van der Waals surface area contributed by atoms with Gasteiger partial charge in [0.15, 0.2) is 0 Å². The lowest BCUT2D eigenvalue weighted by Gasteiger charge is -2.06. The van der Waals surface area contributed by atoms with Gasteiger partial charge in [-0.25, -0.2) is 0 Å². The van der Waals surface area contributed by atoms with Crippen LogP contribution in [0.5, 0.6) is 0 Å². The van der Waals surface area contributed by atoms with Crippen LogP contribution in [0.25, 0.3) is 11.4 Å². The molecular formula is C18H18N6O2. The van der Waals surface area contributed by atoms with E-state index in [9.17, 15) is 9.59 Å². The minimum Gasteiger partial charge on any atom is -0.353 e. The Morgan fingerprint density at radius 2 is 1.54 bits per heavy atom. The minimum absolute atomic E-state index is 0.0353. The summed E-state index contributed by atoms with van der Waals surface area (Å²) in [5.74, 6) is 0.0368. The van der Waals surface area contributed by atoms with Crippen LogP contribution in [0.2, 0.25) is 0 Å². The number of hydrogen-bond donors (Lipinski definition) is 2. The normalized spacial score (nSPS) is 10.3. The van der Waals surface area contributed by atoms with E-state index in [4.69, 9.17) is 0 Å². The topological polar surface area (TPSA) is 102 Å². The second-order valence-corrected chi connectivity index (χ2v) is 5.48. The van der Waals surface area contributed by atoms with Gasteiger partial charge in [-0.15, -0.1) is 10.2 Å². The molecule has 2 aromatic carbocycles. The van der Waals surface area contributed by atoms with Crippen LogP contribution in [0.3, 0.4) is 0 Å². The molecule has 0 aliphatic heterocycles. The average molecular weight is 350 g/mol. The molecule has 0 spiro atoms. The zero-order chi connectivity index (χ0) is 18.2. The highest BCUT2D eigenvalue weighted by Crippen LogP contribution is 2.11. The fraction of sp³-hybridized carbons (Fsp3) is 0.167. The summed E-state index contributed by atoms with van der Waals surface area (Å²) in [5.41, 5.74) is 1.42. The number of tetrazole rings is 1. The number of nitrogens with zero attached hydrogens (tertiary/aromatic N) is 4. The summed E-state index contributed by atoms with van der Waals surface area (Å²) in [4.78, 5) is 25.0. The first-order valence-corrected chi connectivity index (χ1v) is 8.15. The highest BCUT2D eigenvalue weighted by Gasteiger charge is 2.09. The number of carbonyl (C=O) groups is 2. The van der Waals surface area contributed by atoms with Crippen molar-refractivity contribution in [3.8, 4) is 11.4 Å². The predicted octanol–water partition coefficient (Wildman–Crippen LogP) is 0.886. The third kappa shape index (κ3) is 4.73. The third-order valence-corrected chi connectivity index (χ3v) is 3.54. The fourth-order valence-electron chi connectivity index (χ4n) is 2.27. The molecule has 0 saturated carbocycles. The molecule has 3 aromatic rings. The Morgan fingerprint density at radius 3 is 2.27 bits per heavy atom. The second-order valence-electron chi connectivity index (χ2n) is 5.48. The molecule has 0 saturated heterocycles. The Morgan fingerprint density at radius 1 is 0.885 bits per heavy atom. The molecule has 2 N–H and O–H groups in total. The SMILES string of the molecule is O=C(Cn1nnc(-c2ccccc2)n1)NCCNC(=O)c1ccccc1. The van der Waals surface area contributed by atoms with E-state index >= 15 is 0 Å². The maximum Gasteiger partial charge on any atom is 0.251 e. The lowest BCUT2D eigenvalue weighted by Crippen LogP contribution is -2.36. The number of rotatable bonds is 7. The smallest absolute Gasteiger partial charge is 0.251 e. The first kappa shape index (κ1) is 17.3. The second kappa shape index (κ2) is 8.52. The molecule has 0 unspecified atom stereocenters. The number of benzene rings is 2. The highest BCUT2D eigenvalue weighted by atomic mass is 16.2. The highest BCUT2D eigenvalue weighted by molar-refractivity contribution is 5.94. The molecule has 8 heteroatoms. The number of carbonyl (C=O) groups excluding carboxylic acids is 2. The zero-order valence-corrected chi connectivity index (χ0v) is 14.0. The maximum atomic E-state index is 11.9. The molecule has 3 rings (SSSR count). The van der Waals surface area contributed by atoms with Gasteiger partial charge in [-0.05, 0) is 17.3 Å². The zero-order valence-electron chi connectivity index (χ0n) is 14.0. The minimum atomic E-state index is -0.254. The molecule has 1 aromatic heterocycles. The number of hydrogen-bond acceptors (Lipinski definition) is 5. The van der Waals surface area contributed by atoms with E-state index in [1.165, 1.54) is 4.80 Å². The van der Waals surface area contributed by atoms with E-state index in [2.05, 4.69) is 26.0 Å². The van der Waals surface area contributed by atoms with Crippen molar-refractivity contribution in [3.63, 3.8) is 0 Å². The molecule has 0 fully saturated rings. The van der Waals surface area contributed by atoms with E-state index in [0.29, 0.717) is 24.5 Å². The van der Waals surface area contributed by atoms with Gasteiger partial charge < -0.3 is 10.6 Å². The summed E-state index contributed by atoms with van der Waals surface area (Å²) < 4.78 is 0. The fourth-order valence-corrected chi connectivity index (χ4v) is 2.27. The van der Waals surface area contributed by atoms with Gasteiger partial charge >= 0.3 is 0 Å². The van der Waals surface area contributed by atoms with Crippen molar-refractivity contribution < 1.29 is 9.59 Å². The Hall–Kier alpha value is -3.55. The van der Waals surface area contributed by atoms with E-state index in [0.717, 1.165) is 5.56 Å². The summed E-state index contributed by atoms with van der Waals surface area (Å²) in [6.07, 6.45) is 0. The van der Waals surface area contributed by atoms with Crippen LogP contribution in [0.15, 0.2) is 60.7 Å². The van der Waals surface area contributed by atoms with E-state index < -0.39 is 0 Å². The predicted molar refractivity (Wildman–Crippen MR) is 95.0 cm³/mol. The molecular weight excluding hydrogens is 332 g/mol. The van der Waals surface area contributed by atoms with Crippen molar-refractivity contribution in [3.05, 3.63) is 66.2 Å². The first-order chi connectivity index (χ1) is 12.7. The summed E-state index contributed by atoms with van der Waals surface area (Å²) >= 11 is 0. The molecule has 0 bridgehead atoms. The summed E-state index contributed by atoms with van der Waals surface area (Å²) in [7, 11) is 0. The summed E-state index contributed by atoms with van der Waals surface area (Å²) in [6, 6.07) is 18.3. The Labute approximate surface area is 150 Å². The first-order valence-electron chi connectivity index (χ1n) is 8.15. The summed E-state index contributed by atoms with van der Waals surface area (Å²) in [5, 5.41) is 17.4.